The second-order valence-electron chi connectivity index (χ2n) is 7.11. The van der Waals surface area contributed by atoms with Gasteiger partial charge in [-0.2, -0.15) is 0 Å². The summed E-state index contributed by atoms with van der Waals surface area (Å²) in [5.74, 6) is -0.414. The van der Waals surface area contributed by atoms with Crippen molar-refractivity contribution in [2.24, 2.45) is 5.92 Å². The van der Waals surface area contributed by atoms with E-state index < -0.39 is 6.09 Å². The first-order valence-corrected chi connectivity index (χ1v) is 9.34. The highest BCUT2D eigenvalue weighted by atomic mass is 16.7. The number of benzene rings is 1. The standard InChI is InChI=1S/C20H27N3O4/c1-22(2)12-9-16-13-23(18-6-4-3-5-17(16)18)20(25)27-14-26-19(24)15-7-10-21-11-8-15/h3-6,13,15,21H,7-12,14H2,1-2H3. The van der Waals surface area contributed by atoms with E-state index in [1.807, 2.05) is 44.6 Å². The Morgan fingerprint density at radius 1 is 1.19 bits per heavy atom. The average molecular weight is 373 g/mol. The minimum absolute atomic E-state index is 0.116. The zero-order valence-electron chi connectivity index (χ0n) is 15.9. The molecule has 0 atom stereocenters. The minimum atomic E-state index is -0.541. The summed E-state index contributed by atoms with van der Waals surface area (Å²) in [5.41, 5.74) is 1.88. The Labute approximate surface area is 159 Å². The predicted molar refractivity (Wildman–Crippen MR) is 103 cm³/mol. The van der Waals surface area contributed by atoms with E-state index in [4.69, 9.17) is 9.47 Å². The fraction of sp³-hybridized carbons (Fsp3) is 0.500. The Hall–Kier alpha value is -2.38. The van der Waals surface area contributed by atoms with Crippen molar-refractivity contribution in [3.8, 4) is 0 Å². The van der Waals surface area contributed by atoms with E-state index in [0.717, 1.165) is 55.4 Å². The number of nitrogens with one attached hydrogen (secondary N) is 1. The van der Waals surface area contributed by atoms with Gasteiger partial charge in [-0.25, -0.2) is 4.79 Å². The number of aromatic nitrogens is 1. The van der Waals surface area contributed by atoms with Crippen LogP contribution >= 0.6 is 0 Å². The Morgan fingerprint density at radius 2 is 1.93 bits per heavy atom. The molecule has 7 heteroatoms. The molecule has 0 radical (unpaired) electrons. The molecule has 1 aromatic heterocycles. The normalized spacial score (nSPS) is 15.2. The summed E-state index contributed by atoms with van der Waals surface area (Å²) in [4.78, 5) is 26.6. The molecule has 27 heavy (non-hydrogen) atoms. The van der Waals surface area contributed by atoms with Gasteiger partial charge in [0, 0.05) is 18.1 Å². The van der Waals surface area contributed by atoms with Gasteiger partial charge in [-0.3, -0.25) is 9.36 Å². The van der Waals surface area contributed by atoms with E-state index in [-0.39, 0.29) is 18.7 Å². The summed E-state index contributed by atoms with van der Waals surface area (Å²) < 4.78 is 11.8. The van der Waals surface area contributed by atoms with Gasteiger partial charge in [-0.15, -0.1) is 0 Å². The molecule has 2 heterocycles. The predicted octanol–water partition coefficient (Wildman–Crippen LogP) is 2.23. The highest BCUT2D eigenvalue weighted by Crippen LogP contribution is 2.22. The lowest BCUT2D eigenvalue weighted by molar-refractivity contribution is -0.157. The van der Waals surface area contributed by atoms with Crippen LogP contribution in [0, 0.1) is 5.92 Å². The Bertz CT molecular complexity index is 794. The van der Waals surface area contributed by atoms with Crippen molar-refractivity contribution in [1.29, 1.82) is 0 Å². The van der Waals surface area contributed by atoms with Crippen LogP contribution in [-0.4, -0.2) is 62.1 Å². The monoisotopic (exact) mass is 373 g/mol. The van der Waals surface area contributed by atoms with Crippen LogP contribution in [0.5, 0.6) is 0 Å². The molecule has 146 valence electrons. The number of fused-ring (bicyclic) bond motifs is 1. The summed E-state index contributed by atoms with van der Waals surface area (Å²) in [6.07, 6.45) is 3.61. The Balaban J connectivity index is 1.62. The van der Waals surface area contributed by atoms with Crippen molar-refractivity contribution in [2.75, 3.05) is 40.5 Å². The minimum Gasteiger partial charge on any atom is -0.428 e. The van der Waals surface area contributed by atoms with Gasteiger partial charge in [-0.05, 0) is 58.1 Å². The summed E-state index contributed by atoms with van der Waals surface area (Å²) in [7, 11) is 4.04. The second kappa shape index (κ2) is 9.01. The molecule has 0 saturated carbocycles. The number of carbonyl (C=O) groups is 2. The van der Waals surface area contributed by atoms with Crippen LogP contribution in [0.25, 0.3) is 10.9 Å². The third-order valence-corrected chi connectivity index (χ3v) is 4.88. The molecule has 2 aromatic rings. The van der Waals surface area contributed by atoms with Crippen LogP contribution in [0.4, 0.5) is 4.79 Å². The number of hydrogen-bond acceptors (Lipinski definition) is 6. The zero-order chi connectivity index (χ0) is 19.2. The third-order valence-electron chi connectivity index (χ3n) is 4.88. The van der Waals surface area contributed by atoms with Crippen LogP contribution in [0.2, 0.25) is 0 Å². The number of esters is 1. The third kappa shape index (κ3) is 4.87. The van der Waals surface area contributed by atoms with Crippen LogP contribution in [0.3, 0.4) is 0 Å². The lowest BCUT2D eigenvalue weighted by atomic mass is 9.99. The largest absolute Gasteiger partial charge is 0.428 e. The van der Waals surface area contributed by atoms with Crippen molar-refractivity contribution in [1.82, 2.24) is 14.8 Å². The first kappa shape index (κ1) is 19.4. The van der Waals surface area contributed by atoms with E-state index in [2.05, 4.69) is 10.2 Å². The van der Waals surface area contributed by atoms with E-state index in [1.54, 1.807) is 0 Å². The quantitative estimate of drug-likeness (QED) is 0.618. The summed E-state index contributed by atoms with van der Waals surface area (Å²) >= 11 is 0. The SMILES string of the molecule is CN(C)CCc1cn(C(=O)OCOC(=O)C2CCNCC2)c2ccccc12. The Kier molecular flexibility index (Phi) is 6.47. The topological polar surface area (TPSA) is 72.8 Å². The maximum absolute atomic E-state index is 12.5. The molecule has 1 N–H and O–H groups in total. The molecule has 0 amide bonds. The van der Waals surface area contributed by atoms with E-state index >= 15 is 0 Å². The maximum atomic E-state index is 12.5. The number of carbonyl (C=O) groups excluding carboxylic acids is 2. The molecule has 7 nitrogen and oxygen atoms in total. The molecule has 1 saturated heterocycles. The molecule has 0 spiro atoms. The first-order chi connectivity index (χ1) is 13.1. The lowest BCUT2D eigenvalue weighted by Gasteiger charge is -2.20. The molecular weight excluding hydrogens is 346 g/mol. The van der Waals surface area contributed by atoms with E-state index in [9.17, 15) is 9.59 Å². The first-order valence-electron chi connectivity index (χ1n) is 9.34. The van der Waals surface area contributed by atoms with Gasteiger partial charge >= 0.3 is 12.1 Å². The molecule has 1 fully saturated rings. The van der Waals surface area contributed by atoms with Crippen molar-refractivity contribution >= 4 is 23.0 Å². The number of piperidine rings is 1. The molecule has 3 rings (SSSR count). The van der Waals surface area contributed by atoms with Crippen molar-refractivity contribution in [3.05, 3.63) is 36.0 Å². The number of nitrogens with zero attached hydrogens (tertiary/aromatic N) is 2. The van der Waals surface area contributed by atoms with Crippen molar-refractivity contribution in [3.63, 3.8) is 0 Å². The summed E-state index contributed by atoms with van der Waals surface area (Å²) in [6, 6.07) is 7.73. The fourth-order valence-electron chi connectivity index (χ4n) is 3.33. The van der Waals surface area contributed by atoms with Gasteiger partial charge in [0.05, 0.1) is 11.4 Å². The molecule has 0 unspecified atom stereocenters. The Morgan fingerprint density at radius 3 is 2.67 bits per heavy atom. The van der Waals surface area contributed by atoms with Crippen molar-refractivity contribution < 1.29 is 19.1 Å². The van der Waals surface area contributed by atoms with E-state index in [0.29, 0.717) is 0 Å². The molecule has 1 aliphatic rings. The van der Waals surface area contributed by atoms with Crippen molar-refractivity contribution in [2.45, 2.75) is 19.3 Å². The number of ether oxygens (including phenoxy) is 2. The number of para-hydroxylation sites is 1. The number of likely N-dealkylation sites (N-methyl/N-ethyl adjacent to an activating group) is 1. The zero-order valence-corrected chi connectivity index (χ0v) is 15.9. The van der Waals surface area contributed by atoms with Gasteiger partial charge in [0.1, 0.15) is 0 Å². The summed E-state index contributed by atoms with van der Waals surface area (Å²) in [6.45, 7) is 2.15. The average Bonchev–Trinajstić information content (AvgIpc) is 3.06. The highest BCUT2D eigenvalue weighted by molar-refractivity contribution is 5.92. The van der Waals surface area contributed by atoms with Crippen LogP contribution < -0.4 is 5.32 Å². The molecule has 1 aromatic carbocycles. The van der Waals surface area contributed by atoms with Crippen LogP contribution in [0.1, 0.15) is 18.4 Å². The maximum Gasteiger partial charge on any atom is 0.421 e. The number of hydrogen-bond donors (Lipinski definition) is 1. The lowest BCUT2D eigenvalue weighted by Crippen LogP contribution is -2.33. The molecule has 0 bridgehead atoms. The second-order valence-corrected chi connectivity index (χ2v) is 7.11. The van der Waals surface area contributed by atoms with Gasteiger partial charge in [0.25, 0.3) is 0 Å². The number of rotatable bonds is 6. The molecular formula is C20H27N3O4. The van der Waals surface area contributed by atoms with Gasteiger partial charge in [0.15, 0.2) is 0 Å². The van der Waals surface area contributed by atoms with Gasteiger partial charge in [0.2, 0.25) is 6.79 Å². The van der Waals surface area contributed by atoms with Crippen LogP contribution in [-0.2, 0) is 20.7 Å². The van der Waals surface area contributed by atoms with Gasteiger partial charge < -0.3 is 19.7 Å². The fourth-order valence-corrected chi connectivity index (χ4v) is 3.33. The highest BCUT2D eigenvalue weighted by Gasteiger charge is 2.23. The summed E-state index contributed by atoms with van der Waals surface area (Å²) in [5, 5.41) is 4.23. The molecule has 1 aliphatic heterocycles. The van der Waals surface area contributed by atoms with Gasteiger partial charge in [-0.1, -0.05) is 18.2 Å². The molecule has 0 aliphatic carbocycles. The van der Waals surface area contributed by atoms with E-state index in [1.165, 1.54) is 4.57 Å². The smallest absolute Gasteiger partial charge is 0.421 e. The van der Waals surface area contributed by atoms with Crippen LogP contribution in [0.15, 0.2) is 30.5 Å².